The highest BCUT2D eigenvalue weighted by atomic mass is 16.7. The van der Waals surface area contributed by atoms with Gasteiger partial charge >= 0.3 is 6.16 Å². The first-order chi connectivity index (χ1) is 10.6. The molecule has 0 aromatic heterocycles. The quantitative estimate of drug-likeness (QED) is 0.389. The van der Waals surface area contributed by atoms with E-state index >= 15 is 0 Å². The number of hydrogen-bond acceptors (Lipinski definition) is 3. The monoisotopic (exact) mass is 312 g/mol. The zero-order valence-electron chi connectivity index (χ0n) is 12.2. The predicted molar refractivity (Wildman–Crippen MR) is 92.5 cm³/mol. The minimum absolute atomic E-state index is 0. The molecule has 0 heterocycles. The van der Waals surface area contributed by atoms with E-state index in [0.717, 1.165) is 29.2 Å². The lowest BCUT2D eigenvalue weighted by Gasteiger charge is -2.13. The fraction of sp³-hybridized carbons (Fsp3) is 0.211. The second-order valence-electron chi connectivity index (χ2n) is 5.22. The van der Waals surface area contributed by atoms with E-state index in [4.69, 9.17) is 9.84 Å². The number of ether oxygens (including phenoxy) is 1. The Kier molecular flexibility index (Phi) is 4.74. The van der Waals surface area contributed by atoms with E-state index in [0.29, 0.717) is 10.8 Å². The first-order valence-corrected chi connectivity index (χ1v) is 7.19. The van der Waals surface area contributed by atoms with E-state index in [-0.39, 0.29) is 18.9 Å². The van der Waals surface area contributed by atoms with Gasteiger partial charge in [-0.2, -0.15) is 0 Å². The molecule has 4 heteroatoms. The largest absolute Gasteiger partial charge is 0.511 e. The van der Waals surface area contributed by atoms with Gasteiger partial charge in [0.2, 0.25) is 0 Å². The van der Waals surface area contributed by atoms with Crippen LogP contribution in [0.2, 0.25) is 0 Å². The number of carbonyl (C=O) groups is 1. The van der Waals surface area contributed by atoms with Gasteiger partial charge in [-0.3, -0.25) is 0 Å². The van der Waals surface area contributed by atoms with Gasteiger partial charge in [0, 0.05) is 10.8 Å². The summed E-state index contributed by atoms with van der Waals surface area (Å²) in [7, 11) is 0. The molecule has 2 N–H and O–H groups in total. The van der Waals surface area contributed by atoms with Crippen LogP contribution in [0.1, 0.15) is 26.3 Å². The first kappa shape index (κ1) is 16.6. The average molecular weight is 312 g/mol. The third kappa shape index (κ3) is 2.93. The maximum atomic E-state index is 11.0. The van der Waals surface area contributed by atoms with Crippen molar-refractivity contribution in [2.45, 2.75) is 27.2 Å². The summed E-state index contributed by atoms with van der Waals surface area (Å²) in [4.78, 5) is 11.0. The van der Waals surface area contributed by atoms with Crippen LogP contribution in [0.5, 0.6) is 11.5 Å². The number of aromatic hydroxyl groups is 1. The summed E-state index contributed by atoms with van der Waals surface area (Å²) in [5.41, 5.74) is 1.08. The molecule has 0 amide bonds. The number of phenols is 1. The molecular weight excluding hydrogens is 292 g/mol. The highest BCUT2D eigenvalue weighted by molar-refractivity contribution is 6.14. The molecule has 0 radical (unpaired) electrons. The fourth-order valence-corrected chi connectivity index (χ4v) is 2.82. The Morgan fingerprint density at radius 2 is 1.70 bits per heavy atom. The van der Waals surface area contributed by atoms with Gasteiger partial charge in [0.05, 0.1) is 0 Å². The Morgan fingerprint density at radius 1 is 1.04 bits per heavy atom. The number of rotatable bonds is 3. The summed E-state index contributed by atoms with van der Waals surface area (Å²) < 4.78 is 4.87. The van der Waals surface area contributed by atoms with Crippen molar-refractivity contribution in [3.63, 3.8) is 0 Å². The van der Waals surface area contributed by atoms with Crippen molar-refractivity contribution in [2.24, 2.45) is 0 Å². The van der Waals surface area contributed by atoms with E-state index in [9.17, 15) is 9.90 Å². The highest BCUT2D eigenvalue weighted by Gasteiger charge is 2.17. The van der Waals surface area contributed by atoms with Crippen LogP contribution in [-0.4, -0.2) is 16.4 Å². The minimum Gasteiger partial charge on any atom is -0.504 e. The molecule has 0 fully saturated rings. The topological polar surface area (TPSA) is 66.8 Å². The number of fused-ring (bicyclic) bond motifs is 3. The van der Waals surface area contributed by atoms with Gasteiger partial charge in [0.15, 0.2) is 11.5 Å². The highest BCUT2D eigenvalue weighted by Crippen LogP contribution is 2.43. The van der Waals surface area contributed by atoms with Gasteiger partial charge in [-0.25, -0.2) is 4.79 Å². The maximum absolute atomic E-state index is 11.0. The Balaban J connectivity index is 0.00000192. The smallest absolute Gasteiger partial charge is 0.504 e. The Hall–Kier alpha value is -2.75. The second-order valence-corrected chi connectivity index (χ2v) is 5.22. The molecule has 0 saturated heterocycles. The van der Waals surface area contributed by atoms with Crippen LogP contribution in [0.4, 0.5) is 4.79 Å². The molecule has 0 spiro atoms. The lowest BCUT2D eigenvalue weighted by molar-refractivity contribution is 0.143. The van der Waals surface area contributed by atoms with Crippen LogP contribution in [0.15, 0.2) is 42.5 Å². The van der Waals surface area contributed by atoms with Crippen LogP contribution in [0.3, 0.4) is 0 Å². The number of hydrogen-bond donors (Lipinski definition) is 2. The summed E-state index contributed by atoms with van der Waals surface area (Å²) in [6, 6.07) is 13.2. The number of phenolic OH excluding ortho intramolecular Hbond substituents is 1. The molecule has 0 aliphatic carbocycles. The number of carboxylic acid groups (broad SMARTS) is 1. The summed E-state index contributed by atoms with van der Waals surface area (Å²) in [5.74, 6) is -0.140. The van der Waals surface area contributed by atoms with E-state index in [1.54, 1.807) is 12.1 Å². The van der Waals surface area contributed by atoms with Gasteiger partial charge in [-0.1, -0.05) is 57.2 Å². The van der Waals surface area contributed by atoms with Crippen molar-refractivity contribution in [1.29, 1.82) is 0 Å². The van der Waals surface area contributed by atoms with Gasteiger partial charge in [-0.15, -0.1) is 0 Å². The minimum atomic E-state index is -1.44. The summed E-state index contributed by atoms with van der Waals surface area (Å²) in [5, 5.41) is 22.3. The lowest BCUT2D eigenvalue weighted by atomic mass is 9.97. The molecule has 0 aliphatic rings. The molecule has 3 aromatic carbocycles. The predicted octanol–water partition coefficient (Wildman–Crippen LogP) is 5.34. The molecule has 0 unspecified atom stereocenters. The van der Waals surface area contributed by atoms with Crippen molar-refractivity contribution in [3.05, 3.63) is 48.0 Å². The normalized spacial score (nSPS) is 10.5. The first-order valence-electron chi connectivity index (χ1n) is 7.19. The van der Waals surface area contributed by atoms with Crippen molar-refractivity contribution in [2.75, 3.05) is 0 Å². The van der Waals surface area contributed by atoms with Crippen LogP contribution >= 0.6 is 0 Å². The molecule has 23 heavy (non-hydrogen) atoms. The standard InChI is InChI=1S/C18H16O4.CH4/c1-2-5-11-8-9-13-12-6-3-4-7-14(12)16(19)17(15(13)10-11)22-18(20)21;/h3-4,6-10,19H,2,5H2,1H3,(H,20,21);1H4. The zero-order chi connectivity index (χ0) is 15.7. The number of benzene rings is 3. The summed E-state index contributed by atoms with van der Waals surface area (Å²) >= 11 is 0. The van der Waals surface area contributed by atoms with Crippen molar-refractivity contribution in [1.82, 2.24) is 0 Å². The Labute approximate surface area is 134 Å². The van der Waals surface area contributed by atoms with Crippen molar-refractivity contribution in [3.8, 4) is 11.5 Å². The van der Waals surface area contributed by atoms with Gasteiger partial charge in [0.25, 0.3) is 0 Å². The van der Waals surface area contributed by atoms with Gasteiger partial charge in [0.1, 0.15) is 0 Å². The van der Waals surface area contributed by atoms with Gasteiger partial charge in [-0.05, 0) is 28.8 Å². The lowest BCUT2D eigenvalue weighted by Crippen LogP contribution is -2.04. The van der Waals surface area contributed by atoms with Crippen molar-refractivity contribution < 1.29 is 19.7 Å². The van der Waals surface area contributed by atoms with Gasteiger partial charge < -0.3 is 14.9 Å². The van der Waals surface area contributed by atoms with E-state index in [2.05, 4.69) is 6.92 Å². The number of aryl methyl sites for hydroxylation is 1. The third-order valence-corrected chi connectivity index (χ3v) is 3.74. The Bertz CT molecular complexity index is 868. The Morgan fingerprint density at radius 3 is 2.35 bits per heavy atom. The third-order valence-electron chi connectivity index (χ3n) is 3.74. The molecule has 0 bridgehead atoms. The van der Waals surface area contributed by atoms with Crippen LogP contribution in [0, 0.1) is 0 Å². The molecule has 3 aromatic rings. The summed E-state index contributed by atoms with van der Waals surface area (Å²) in [6.07, 6.45) is 0.434. The van der Waals surface area contributed by atoms with Crippen LogP contribution < -0.4 is 4.74 Å². The SMILES string of the molecule is C.CCCc1ccc2c(c1)c(OC(=O)O)c(O)c1ccccc12. The molecule has 0 saturated carbocycles. The molecule has 120 valence electrons. The second kappa shape index (κ2) is 6.57. The van der Waals surface area contributed by atoms with Crippen LogP contribution in [-0.2, 0) is 6.42 Å². The molecular formula is C19H20O4. The van der Waals surface area contributed by atoms with E-state index in [1.807, 2.05) is 30.3 Å². The molecule has 3 rings (SSSR count). The molecule has 0 aliphatic heterocycles. The van der Waals surface area contributed by atoms with Crippen LogP contribution in [0.25, 0.3) is 21.5 Å². The van der Waals surface area contributed by atoms with E-state index in [1.165, 1.54) is 0 Å². The maximum Gasteiger partial charge on any atom is 0.511 e. The zero-order valence-corrected chi connectivity index (χ0v) is 12.2. The average Bonchev–Trinajstić information content (AvgIpc) is 2.51. The van der Waals surface area contributed by atoms with Crippen molar-refractivity contribution >= 4 is 27.7 Å². The molecule has 4 nitrogen and oxygen atoms in total. The van der Waals surface area contributed by atoms with E-state index < -0.39 is 6.16 Å². The molecule has 0 atom stereocenters. The summed E-state index contributed by atoms with van der Waals surface area (Å²) in [6.45, 7) is 2.08. The fourth-order valence-electron chi connectivity index (χ4n) is 2.82.